The van der Waals surface area contributed by atoms with Gasteiger partial charge in [0, 0.05) is 18.7 Å². The molecule has 5 nitrogen and oxygen atoms in total. The van der Waals surface area contributed by atoms with Crippen molar-refractivity contribution in [1.29, 1.82) is 5.26 Å². The zero-order valence-electron chi connectivity index (χ0n) is 12.6. The van der Waals surface area contributed by atoms with Crippen LogP contribution in [0, 0.1) is 30.0 Å². The highest BCUT2D eigenvalue weighted by Gasteiger charge is 2.28. The molecule has 0 saturated heterocycles. The number of ether oxygens (including phenoxy) is 1. The molecular weight excluding hydrogens is 295 g/mol. The Balaban J connectivity index is 3.30. The third-order valence-corrected chi connectivity index (χ3v) is 5.27. The molecule has 0 radical (unpaired) electrons. The highest BCUT2D eigenvalue weighted by Crippen LogP contribution is 2.28. The summed E-state index contributed by atoms with van der Waals surface area (Å²) in [6.07, 6.45) is 0. The topological polar surface area (TPSA) is 70.4 Å². The molecular formula is C14H19FN2O3S. The van der Waals surface area contributed by atoms with Crippen LogP contribution in [0.15, 0.2) is 17.0 Å². The normalized spacial score (nSPS) is 13.0. The molecule has 0 amide bonds. The minimum Gasteiger partial charge on any atom is -0.494 e. The second-order valence-corrected chi connectivity index (χ2v) is 6.60. The summed E-state index contributed by atoms with van der Waals surface area (Å²) in [5.74, 6) is -1.13. The molecule has 0 spiro atoms. The lowest BCUT2D eigenvalue weighted by Crippen LogP contribution is -2.34. The molecule has 0 saturated carbocycles. The molecule has 0 aliphatic rings. The highest BCUT2D eigenvalue weighted by molar-refractivity contribution is 7.89. The first kappa shape index (κ1) is 17.4. The molecule has 1 aromatic rings. The largest absolute Gasteiger partial charge is 0.494 e. The summed E-state index contributed by atoms with van der Waals surface area (Å²) in [5.41, 5.74) is 0.0115. The maximum Gasteiger partial charge on any atom is 0.243 e. The summed E-state index contributed by atoms with van der Waals surface area (Å²) in [6.45, 7) is 4.99. The van der Waals surface area contributed by atoms with Gasteiger partial charge in [0.15, 0.2) is 11.6 Å². The Morgan fingerprint density at radius 2 is 2.10 bits per heavy atom. The first-order valence-electron chi connectivity index (χ1n) is 6.52. The zero-order chi connectivity index (χ0) is 16.2. The van der Waals surface area contributed by atoms with Crippen LogP contribution in [-0.2, 0) is 10.0 Å². The average Bonchev–Trinajstić information content (AvgIpc) is 2.46. The van der Waals surface area contributed by atoms with Gasteiger partial charge in [0.2, 0.25) is 10.0 Å². The monoisotopic (exact) mass is 314 g/mol. The van der Waals surface area contributed by atoms with Crippen LogP contribution in [0.2, 0.25) is 0 Å². The van der Waals surface area contributed by atoms with Gasteiger partial charge in [-0.25, -0.2) is 12.8 Å². The molecule has 1 atom stereocenters. The fourth-order valence-corrected chi connectivity index (χ4v) is 3.72. The van der Waals surface area contributed by atoms with E-state index in [2.05, 4.69) is 0 Å². The van der Waals surface area contributed by atoms with Crippen molar-refractivity contribution in [2.24, 2.45) is 5.92 Å². The quantitative estimate of drug-likeness (QED) is 0.808. The van der Waals surface area contributed by atoms with Gasteiger partial charge in [-0.3, -0.25) is 0 Å². The number of methoxy groups -OCH3 is 1. The van der Waals surface area contributed by atoms with Gasteiger partial charge in [-0.05, 0) is 26.0 Å². The van der Waals surface area contributed by atoms with Gasteiger partial charge in [0.1, 0.15) is 0 Å². The molecule has 0 fully saturated rings. The molecule has 1 rings (SSSR count). The Labute approximate surface area is 125 Å². The van der Waals surface area contributed by atoms with E-state index >= 15 is 0 Å². The van der Waals surface area contributed by atoms with Gasteiger partial charge in [-0.15, -0.1) is 0 Å². The van der Waals surface area contributed by atoms with E-state index in [1.807, 2.05) is 6.07 Å². The van der Waals surface area contributed by atoms with Crippen LogP contribution in [0.4, 0.5) is 4.39 Å². The summed E-state index contributed by atoms with van der Waals surface area (Å²) in [6, 6.07) is 4.61. The smallest absolute Gasteiger partial charge is 0.243 e. The van der Waals surface area contributed by atoms with Crippen LogP contribution in [0.1, 0.15) is 19.4 Å². The van der Waals surface area contributed by atoms with Crippen molar-refractivity contribution in [1.82, 2.24) is 4.31 Å². The summed E-state index contributed by atoms with van der Waals surface area (Å²) in [7, 11) is -2.53. The average molecular weight is 314 g/mol. The van der Waals surface area contributed by atoms with E-state index in [1.54, 1.807) is 13.8 Å². The first-order valence-corrected chi connectivity index (χ1v) is 7.96. The van der Waals surface area contributed by atoms with E-state index in [0.717, 1.165) is 0 Å². The van der Waals surface area contributed by atoms with E-state index in [4.69, 9.17) is 10.00 Å². The van der Waals surface area contributed by atoms with Gasteiger partial charge in [0.05, 0.1) is 24.0 Å². The predicted molar refractivity (Wildman–Crippen MR) is 76.9 cm³/mol. The van der Waals surface area contributed by atoms with Crippen LogP contribution in [0.3, 0.4) is 0 Å². The van der Waals surface area contributed by atoms with E-state index in [0.29, 0.717) is 0 Å². The first-order chi connectivity index (χ1) is 9.79. The number of nitrogens with zero attached hydrogens (tertiary/aromatic N) is 2. The summed E-state index contributed by atoms with van der Waals surface area (Å²) in [5, 5.41) is 8.83. The highest BCUT2D eigenvalue weighted by atomic mass is 32.2. The Morgan fingerprint density at radius 1 is 1.48 bits per heavy atom. The maximum atomic E-state index is 14.0. The predicted octanol–water partition coefficient (Wildman–Crippen LogP) is 2.31. The fraction of sp³-hybridized carbons (Fsp3) is 0.500. The molecule has 0 heterocycles. The third-order valence-electron chi connectivity index (χ3n) is 3.19. The molecule has 0 aromatic heterocycles. The minimum absolute atomic E-state index is 0.000101. The Hall–Kier alpha value is -1.65. The number of hydrogen-bond acceptors (Lipinski definition) is 4. The molecule has 1 unspecified atom stereocenters. The molecule has 0 bridgehead atoms. The van der Waals surface area contributed by atoms with Gasteiger partial charge in [-0.2, -0.15) is 9.57 Å². The number of sulfonamides is 1. The van der Waals surface area contributed by atoms with Crippen LogP contribution in [0.5, 0.6) is 5.75 Å². The number of nitriles is 1. The molecule has 0 N–H and O–H groups in total. The van der Waals surface area contributed by atoms with Gasteiger partial charge in [-0.1, -0.05) is 6.92 Å². The molecule has 116 valence electrons. The van der Waals surface area contributed by atoms with Crippen molar-refractivity contribution in [3.8, 4) is 11.8 Å². The van der Waals surface area contributed by atoms with Crippen molar-refractivity contribution < 1.29 is 17.5 Å². The fourth-order valence-electron chi connectivity index (χ4n) is 1.96. The van der Waals surface area contributed by atoms with Crippen LogP contribution in [0.25, 0.3) is 0 Å². The summed E-state index contributed by atoms with van der Waals surface area (Å²) in [4.78, 5) is -0.104. The van der Waals surface area contributed by atoms with Crippen LogP contribution in [-0.4, -0.2) is 32.9 Å². The maximum absolute atomic E-state index is 14.0. The van der Waals surface area contributed by atoms with E-state index in [1.165, 1.54) is 30.5 Å². The van der Waals surface area contributed by atoms with Gasteiger partial charge >= 0.3 is 0 Å². The number of rotatable bonds is 6. The van der Waals surface area contributed by atoms with Gasteiger partial charge in [0.25, 0.3) is 0 Å². The summed E-state index contributed by atoms with van der Waals surface area (Å²) >= 11 is 0. The van der Waals surface area contributed by atoms with Crippen molar-refractivity contribution in [3.63, 3.8) is 0 Å². The molecule has 0 aliphatic carbocycles. The Morgan fingerprint density at radius 3 is 2.57 bits per heavy atom. The van der Waals surface area contributed by atoms with Crippen molar-refractivity contribution >= 4 is 10.0 Å². The standard InChI is InChI=1S/C14H19FN2O3S/c1-5-17(9-10(2)8-16)21(18,19)13-7-6-12(20-4)14(15)11(13)3/h6-7,10H,5,9H2,1-4H3. The lowest BCUT2D eigenvalue weighted by atomic mass is 10.2. The lowest BCUT2D eigenvalue weighted by Gasteiger charge is -2.22. The second kappa shape index (κ2) is 6.87. The Bertz CT molecular complexity index is 653. The van der Waals surface area contributed by atoms with Gasteiger partial charge < -0.3 is 4.74 Å². The van der Waals surface area contributed by atoms with Crippen LogP contribution >= 0.6 is 0 Å². The minimum atomic E-state index is -3.85. The van der Waals surface area contributed by atoms with Crippen molar-refractivity contribution in [3.05, 3.63) is 23.5 Å². The zero-order valence-corrected chi connectivity index (χ0v) is 13.4. The van der Waals surface area contributed by atoms with Crippen molar-refractivity contribution in [2.45, 2.75) is 25.7 Å². The summed E-state index contributed by atoms with van der Waals surface area (Å²) < 4.78 is 45.2. The molecule has 1 aromatic carbocycles. The van der Waals surface area contributed by atoms with E-state index < -0.39 is 21.8 Å². The number of halogens is 1. The van der Waals surface area contributed by atoms with E-state index in [-0.39, 0.29) is 29.3 Å². The second-order valence-electron chi connectivity index (χ2n) is 4.69. The molecule has 0 aliphatic heterocycles. The van der Waals surface area contributed by atoms with E-state index in [9.17, 15) is 12.8 Å². The lowest BCUT2D eigenvalue weighted by molar-refractivity contribution is 0.381. The van der Waals surface area contributed by atoms with Crippen LogP contribution < -0.4 is 4.74 Å². The molecule has 7 heteroatoms. The van der Waals surface area contributed by atoms with Crippen molar-refractivity contribution in [2.75, 3.05) is 20.2 Å². The SMILES string of the molecule is CCN(CC(C)C#N)S(=O)(=O)c1ccc(OC)c(F)c1C. The Kier molecular flexibility index (Phi) is 5.70. The number of benzene rings is 1. The number of hydrogen-bond donors (Lipinski definition) is 0. The third kappa shape index (κ3) is 3.52. The molecule has 21 heavy (non-hydrogen) atoms.